The molecule has 0 heterocycles. The van der Waals surface area contributed by atoms with Gasteiger partial charge >= 0.3 is 0 Å². The third kappa shape index (κ3) is 6.78. The van der Waals surface area contributed by atoms with Crippen LogP contribution in [0.15, 0.2) is 0 Å². The maximum atomic E-state index is 2.79. The summed E-state index contributed by atoms with van der Waals surface area (Å²) >= 11 is 0. The van der Waals surface area contributed by atoms with Gasteiger partial charge in [0.25, 0.3) is 0 Å². The zero-order chi connectivity index (χ0) is 13.1. The van der Waals surface area contributed by atoms with Crippen LogP contribution in [0.3, 0.4) is 0 Å². The topological polar surface area (TPSA) is 3.24 Å². The van der Waals surface area contributed by atoms with Crippen molar-refractivity contribution in [3.8, 4) is 0 Å². The summed E-state index contributed by atoms with van der Waals surface area (Å²) in [6.45, 7) is 7.29. The minimum absolute atomic E-state index is 0.892. The molecule has 0 atom stereocenters. The van der Waals surface area contributed by atoms with E-state index >= 15 is 0 Å². The van der Waals surface area contributed by atoms with Crippen LogP contribution in [0, 0.1) is 0 Å². The summed E-state index contributed by atoms with van der Waals surface area (Å²) in [7, 11) is 0. The van der Waals surface area contributed by atoms with Gasteiger partial charge in [-0.15, -0.1) is 0 Å². The molecule has 1 nitrogen and oxygen atoms in total. The predicted molar refractivity (Wildman–Crippen MR) is 82.1 cm³/mol. The summed E-state index contributed by atoms with van der Waals surface area (Å²) in [5, 5.41) is 0. The van der Waals surface area contributed by atoms with Crippen LogP contribution in [0.5, 0.6) is 0 Å². The molecule has 0 radical (unpaired) electrons. The van der Waals surface area contributed by atoms with E-state index in [9.17, 15) is 0 Å². The Hall–Kier alpha value is -0.0400. The maximum absolute atomic E-state index is 2.79. The standard InChI is InChI=1S/C17H35N/c1-3-15-18(16-4-2)17-13-11-9-7-5-6-8-10-12-14-17/h17H,3-16H2,1-2H3. The van der Waals surface area contributed by atoms with Gasteiger partial charge in [-0.25, -0.2) is 0 Å². The van der Waals surface area contributed by atoms with Crippen molar-refractivity contribution in [3.63, 3.8) is 0 Å². The fourth-order valence-electron chi connectivity index (χ4n) is 3.38. The summed E-state index contributed by atoms with van der Waals surface area (Å²) in [5.41, 5.74) is 0. The summed E-state index contributed by atoms with van der Waals surface area (Å²) < 4.78 is 0. The van der Waals surface area contributed by atoms with Gasteiger partial charge < -0.3 is 4.90 Å². The molecule has 0 N–H and O–H groups in total. The minimum Gasteiger partial charge on any atom is -0.300 e. The molecule has 108 valence electrons. The van der Waals surface area contributed by atoms with E-state index in [1.54, 1.807) is 0 Å². The van der Waals surface area contributed by atoms with Crippen LogP contribution in [0.2, 0.25) is 0 Å². The Morgan fingerprint density at radius 3 is 1.44 bits per heavy atom. The molecule has 1 saturated carbocycles. The van der Waals surface area contributed by atoms with E-state index in [0.717, 1.165) is 6.04 Å². The third-order valence-corrected chi connectivity index (χ3v) is 4.36. The average molecular weight is 253 g/mol. The van der Waals surface area contributed by atoms with E-state index in [-0.39, 0.29) is 0 Å². The van der Waals surface area contributed by atoms with E-state index in [1.165, 1.54) is 90.1 Å². The Morgan fingerprint density at radius 1 is 0.667 bits per heavy atom. The van der Waals surface area contributed by atoms with Crippen LogP contribution >= 0.6 is 0 Å². The van der Waals surface area contributed by atoms with Crippen molar-refractivity contribution in [1.29, 1.82) is 0 Å². The van der Waals surface area contributed by atoms with Gasteiger partial charge in [0.2, 0.25) is 0 Å². The molecule has 0 bridgehead atoms. The normalized spacial score (nSPS) is 20.8. The highest BCUT2D eigenvalue weighted by Crippen LogP contribution is 2.21. The summed E-state index contributed by atoms with van der Waals surface area (Å²) in [4.78, 5) is 2.79. The molecule has 0 aliphatic heterocycles. The molecular formula is C17H35N. The van der Waals surface area contributed by atoms with Gasteiger partial charge in [-0.1, -0.05) is 65.2 Å². The van der Waals surface area contributed by atoms with Crippen molar-refractivity contribution in [3.05, 3.63) is 0 Å². The lowest BCUT2D eigenvalue weighted by Crippen LogP contribution is -2.36. The minimum atomic E-state index is 0.892. The first-order valence-electron chi connectivity index (χ1n) is 8.62. The molecular weight excluding hydrogens is 218 g/mol. The summed E-state index contributed by atoms with van der Waals surface area (Å²) in [5.74, 6) is 0. The Morgan fingerprint density at radius 2 is 1.06 bits per heavy atom. The lowest BCUT2D eigenvalue weighted by atomic mass is 10.0. The molecule has 0 spiro atoms. The Labute approximate surface area is 115 Å². The first-order chi connectivity index (χ1) is 8.88. The smallest absolute Gasteiger partial charge is 0.00952 e. The average Bonchev–Trinajstić information content (AvgIpc) is 2.43. The van der Waals surface area contributed by atoms with Gasteiger partial charge in [-0.05, 0) is 38.8 Å². The molecule has 1 aliphatic rings. The largest absolute Gasteiger partial charge is 0.300 e. The van der Waals surface area contributed by atoms with E-state index in [2.05, 4.69) is 18.7 Å². The Balaban J connectivity index is 2.44. The predicted octanol–water partition coefficient (Wildman–Crippen LogP) is 5.39. The monoisotopic (exact) mass is 253 g/mol. The maximum Gasteiger partial charge on any atom is 0.00952 e. The van der Waals surface area contributed by atoms with Crippen molar-refractivity contribution in [1.82, 2.24) is 4.90 Å². The third-order valence-electron chi connectivity index (χ3n) is 4.36. The van der Waals surface area contributed by atoms with Crippen LogP contribution in [-0.2, 0) is 0 Å². The quantitative estimate of drug-likeness (QED) is 0.635. The summed E-state index contributed by atoms with van der Waals surface area (Å²) in [6, 6.07) is 0.892. The molecule has 1 fully saturated rings. The van der Waals surface area contributed by atoms with Crippen molar-refractivity contribution in [2.24, 2.45) is 0 Å². The van der Waals surface area contributed by atoms with Crippen molar-refractivity contribution < 1.29 is 0 Å². The zero-order valence-corrected chi connectivity index (χ0v) is 12.9. The Kier molecular flexibility index (Phi) is 9.65. The number of rotatable bonds is 5. The SMILES string of the molecule is CCCN(CCC)C1CCCCCCCCCC1. The highest BCUT2D eigenvalue weighted by molar-refractivity contribution is 4.72. The summed E-state index contributed by atoms with van der Waals surface area (Å²) in [6.07, 6.45) is 17.4. The van der Waals surface area contributed by atoms with Crippen molar-refractivity contribution in [2.75, 3.05) is 13.1 Å². The van der Waals surface area contributed by atoms with E-state index in [4.69, 9.17) is 0 Å². The van der Waals surface area contributed by atoms with Gasteiger partial charge in [0.05, 0.1) is 0 Å². The molecule has 1 aliphatic carbocycles. The Bertz CT molecular complexity index is 160. The first-order valence-corrected chi connectivity index (χ1v) is 8.62. The number of nitrogens with zero attached hydrogens (tertiary/aromatic N) is 1. The van der Waals surface area contributed by atoms with Gasteiger partial charge in [0, 0.05) is 6.04 Å². The number of hydrogen-bond donors (Lipinski definition) is 0. The second-order valence-electron chi connectivity index (χ2n) is 6.10. The second-order valence-corrected chi connectivity index (χ2v) is 6.10. The fourth-order valence-corrected chi connectivity index (χ4v) is 3.38. The molecule has 0 aromatic rings. The highest BCUT2D eigenvalue weighted by atomic mass is 15.1. The van der Waals surface area contributed by atoms with Gasteiger partial charge in [0.15, 0.2) is 0 Å². The molecule has 18 heavy (non-hydrogen) atoms. The van der Waals surface area contributed by atoms with Crippen molar-refractivity contribution in [2.45, 2.75) is 96.9 Å². The van der Waals surface area contributed by atoms with Crippen LogP contribution in [0.25, 0.3) is 0 Å². The molecule has 0 amide bonds. The van der Waals surface area contributed by atoms with Gasteiger partial charge in [-0.2, -0.15) is 0 Å². The van der Waals surface area contributed by atoms with Crippen LogP contribution in [0.1, 0.15) is 90.9 Å². The molecule has 0 aromatic carbocycles. The lowest BCUT2D eigenvalue weighted by Gasteiger charge is -2.31. The lowest BCUT2D eigenvalue weighted by molar-refractivity contribution is 0.171. The molecule has 0 aromatic heterocycles. The number of hydrogen-bond acceptors (Lipinski definition) is 1. The molecule has 0 saturated heterocycles. The first kappa shape index (κ1) is 16.0. The van der Waals surface area contributed by atoms with Crippen LogP contribution in [0.4, 0.5) is 0 Å². The highest BCUT2D eigenvalue weighted by Gasteiger charge is 2.16. The van der Waals surface area contributed by atoms with Crippen molar-refractivity contribution >= 4 is 0 Å². The van der Waals surface area contributed by atoms with E-state index in [1.807, 2.05) is 0 Å². The fraction of sp³-hybridized carbons (Fsp3) is 1.00. The molecule has 1 rings (SSSR count). The van der Waals surface area contributed by atoms with Gasteiger partial charge in [-0.3, -0.25) is 0 Å². The van der Waals surface area contributed by atoms with Crippen LogP contribution in [-0.4, -0.2) is 24.0 Å². The van der Waals surface area contributed by atoms with E-state index in [0.29, 0.717) is 0 Å². The second kappa shape index (κ2) is 10.8. The zero-order valence-electron chi connectivity index (χ0n) is 12.9. The van der Waals surface area contributed by atoms with Crippen LogP contribution < -0.4 is 0 Å². The van der Waals surface area contributed by atoms with Gasteiger partial charge in [0.1, 0.15) is 0 Å². The van der Waals surface area contributed by atoms with E-state index < -0.39 is 0 Å². The molecule has 0 unspecified atom stereocenters. The molecule has 1 heteroatoms.